The van der Waals surface area contributed by atoms with Crippen molar-refractivity contribution in [1.82, 2.24) is 5.32 Å². The molecule has 0 heterocycles. The normalized spacial score (nSPS) is 12.4. The van der Waals surface area contributed by atoms with Crippen LogP contribution in [-0.4, -0.2) is 6.54 Å². The van der Waals surface area contributed by atoms with Gasteiger partial charge in [0.25, 0.3) is 0 Å². The lowest BCUT2D eigenvalue weighted by atomic mass is 9.97. The maximum absolute atomic E-state index is 14.0. The van der Waals surface area contributed by atoms with Gasteiger partial charge in [0.15, 0.2) is 0 Å². The fourth-order valence-corrected chi connectivity index (χ4v) is 2.45. The van der Waals surface area contributed by atoms with Gasteiger partial charge < -0.3 is 5.32 Å². The molecule has 0 fully saturated rings. The molecule has 0 radical (unpaired) electrons. The molecule has 118 valence electrons. The van der Waals surface area contributed by atoms with Crippen molar-refractivity contribution in [2.75, 3.05) is 6.54 Å². The van der Waals surface area contributed by atoms with Crippen LogP contribution in [0.3, 0.4) is 0 Å². The van der Waals surface area contributed by atoms with Gasteiger partial charge in [0.2, 0.25) is 0 Å². The van der Waals surface area contributed by atoms with E-state index in [1.165, 1.54) is 0 Å². The van der Waals surface area contributed by atoms with Gasteiger partial charge in [-0.3, -0.25) is 0 Å². The molecule has 0 spiro atoms. The van der Waals surface area contributed by atoms with E-state index in [1.807, 2.05) is 6.08 Å². The molecular formula is C18H27F2N. The van der Waals surface area contributed by atoms with E-state index in [2.05, 4.69) is 18.8 Å². The number of unbranched alkanes of at least 4 members (excludes halogenated alkanes) is 3. The molecule has 0 amide bonds. The lowest BCUT2D eigenvalue weighted by molar-refractivity contribution is 0.449. The van der Waals surface area contributed by atoms with E-state index in [9.17, 15) is 8.78 Å². The van der Waals surface area contributed by atoms with Crippen LogP contribution in [0.5, 0.6) is 0 Å². The van der Waals surface area contributed by atoms with Crippen LogP contribution < -0.4 is 5.32 Å². The zero-order chi connectivity index (χ0) is 15.7. The summed E-state index contributed by atoms with van der Waals surface area (Å²) in [6, 6.07) is 2.61. The number of rotatable bonds is 10. The molecule has 0 aliphatic carbocycles. The largest absolute Gasteiger partial charge is 0.310 e. The molecule has 1 atom stereocenters. The Morgan fingerprint density at radius 3 is 2.62 bits per heavy atom. The van der Waals surface area contributed by atoms with Crippen molar-refractivity contribution in [3.63, 3.8) is 0 Å². The quantitative estimate of drug-likeness (QED) is 0.447. The fraction of sp³-hybridized carbons (Fsp3) is 0.556. The summed E-state index contributed by atoms with van der Waals surface area (Å²) in [5, 5.41) is 3.38. The highest BCUT2D eigenvalue weighted by atomic mass is 19.1. The maximum atomic E-state index is 14.0. The molecule has 0 aliphatic heterocycles. The Morgan fingerprint density at radius 2 is 1.95 bits per heavy atom. The molecule has 3 heteroatoms. The molecule has 21 heavy (non-hydrogen) atoms. The Bertz CT molecular complexity index is 443. The number of allylic oxidation sites excluding steroid dienone is 1. The third-order valence-corrected chi connectivity index (χ3v) is 3.70. The molecule has 1 nitrogen and oxygen atoms in total. The van der Waals surface area contributed by atoms with Gasteiger partial charge >= 0.3 is 0 Å². The predicted octanol–water partition coefficient (Wildman–Crippen LogP) is 5.45. The smallest absolute Gasteiger partial charge is 0.130 e. The molecular weight excluding hydrogens is 268 g/mol. The summed E-state index contributed by atoms with van der Waals surface area (Å²) in [6.07, 6.45) is 8.08. The van der Waals surface area contributed by atoms with E-state index in [0.29, 0.717) is 11.1 Å². The average molecular weight is 295 g/mol. The van der Waals surface area contributed by atoms with E-state index >= 15 is 0 Å². The van der Waals surface area contributed by atoms with Crippen molar-refractivity contribution in [2.24, 2.45) is 0 Å². The van der Waals surface area contributed by atoms with Gasteiger partial charge in [-0.05, 0) is 50.8 Å². The summed E-state index contributed by atoms with van der Waals surface area (Å²) in [5.41, 5.74) is 1.09. The fourth-order valence-electron chi connectivity index (χ4n) is 2.45. The first-order valence-electron chi connectivity index (χ1n) is 7.90. The van der Waals surface area contributed by atoms with Crippen LogP contribution in [-0.2, 0) is 0 Å². The average Bonchev–Trinajstić information content (AvgIpc) is 2.46. The zero-order valence-electron chi connectivity index (χ0n) is 13.2. The van der Waals surface area contributed by atoms with E-state index in [1.54, 1.807) is 13.0 Å². The second-order valence-corrected chi connectivity index (χ2v) is 5.56. The van der Waals surface area contributed by atoms with Gasteiger partial charge in [-0.15, -0.1) is 6.58 Å². The molecule has 0 saturated heterocycles. The molecule has 1 N–H and O–H groups in total. The standard InChI is InChI=1S/C18H27F2N/c1-4-6-7-8-9-10-18(21-11-5-2)15-12-14(3)16(19)13-17(15)20/h4,12-13,18,21H,1,5-11H2,2-3H3. The van der Waals surface area contributed by atoms with E-state index in [0.717, 1.165) is 51.1 Å². The van der Waals surface area contributed by atoms with E-state index < -0.39 is 11.6 Å². The lowest BCUT2D eigenvalue weighted by Gasteiger charge is -2.20. The van der Waals surface area contributed by atoms with Gasteiger partial charge in [0, 0.05) is 17.7 Å². The summed E-state index contributed by atoms with van der Waals surface area (Å²) in [4.78, 5) is 0. The summed E-state index contributed by atoms with van der Waals surface area (Å²) >= 11 is 0. The Hall–Kier alpha value is -1.22. The highest BCUT2D eigenvalue weighted by Gasteiger charge is 2.16. The van der Waals surface area contributed by atoms with Crippen molar-refractivity contribution < 1.29 is 8.78 Å². The van der Waals surface area contributed by atoms with E-state index in [4.69, 9.17) is 0 Å². The second kappa shape index (κ2) is 9.67. The minimum Gasteiger partial charge on any atom is -0.310 e. The summed E-state index contributed by atoms with van der Waals surface area (Å²) in [7, 11) is 0. The van der Waals surface area contributed by atoms with Crippen molar-refractivity contribution in [2.45, 2.75) is 58.4 Å². The SMILES string of the molecule is C=CCCCCCC(NCCC)c1cc(C)c(F)cc1F. The first-order chi connectivity index (χ1) is 10.1. The monoisotopic (exact) mass is 295 g/mol. The first kappa shape index (κ1) is 17.8. The van der Waals surface area contributed by atoms with Crippen molar-refractivity contribution in [1.29, 1.82) is 0 Å². The van der Waals surface area contributed by atoms with Gasteiger partial charge in [-0.1, -0.05) is 25.8 Å². The minimum atomic E-state index is -0.475. The third-order valence-electron chi connectivity index (χ3n) is 3.70. The van der Waals surface area contributed by atoms with Gasteiger partial charge in [-0.2, -0.15) is 0 Å². The predicted molar refractivity (Wildman–Crippen MR) is 85.4 cm³/mol. The highest BCUT2D eigenvalue weighted by Crippen LogP contribution is 2.25. The molecule has 1 unspecified atom stereocenters. The van der Waals surface area contributed by atoms with E-state index in [-0.39, 0.29) is 6.04 Å². The molecule has 1 rings (SSSR count). The van der Waals surface area contributed by atoms with Gasteiger partial charge in [0.05, 0.1) is 0 Å². The molecule has 1 aromatic rings. The molecule has 0 aliphatic rings. The number of nitrogens with one attached hydrogen (secondary N) is 1. The molecule has 0 bridgehead atoms. The van der Waals surface area contributed by atoms with Crippen molar-refractivity contribution >= 4 is 0 Å². The topological polar surface area (TPSA) is 12.0 Å². The summed E-state index contributed by atoms with van der Waals surface area (Å²) < 4.78 is 27.4. The Balaban J connectivity index is 2.72. The summed E-state index contributed by atoms with van der Waals surface area (Å²) in [6.45, 7) is 8.32. The Labute approximate surface area is 127 Å². The Kier molecular flexibility index (Phi) is 8.21. The van der Waals surface area contributed by atoms with Crippen molar-refractivity contribution in [3.8, 4) is 0 Å². The minimum absolute atomic E-state index is 0.0343. The molecule has 0 aromatic heterocycles. The second-order valence-electron chi connectivity index (χ2n) is 5.56. The third kappa shape index (κ3) is 5.96. The van der Waals surface area contributed by atoms with Crippen LogP contribution in [0.2, 0.25) is 0 Å². The van der Waals surface area contributed by atoms with Crippen LogP contribution in [0.15, 0.2) is 24.8 Å². The van der Waals surface area contributed by atoms with Gasteiger partial charge in [0.1, 0.15) is 11.6 Å². The number of halogens is 2. The number of aryl methyl sites for hydroxylation is 1. The van der Waals surface area contributed by atoms with Crippen LogP contribution in [0.25, 0.3) is 0 Å². The Morgan fingerprint density at radius 1 is 1.19 bits per heavy atom. The van der Waals surface area contributed by atoms with Crippen LogP contribution >= 0.6 is 0 Å². The molecule has 1 aromatic carbocycles. The maximum Gasteiger partial charge on any atom is 0.130 e. The van der Waals surface area contributed by atoms with Gasteiger partial charge in [-0.25, -0.2) is 8.78 Å². The number of hydrogen-bond donors (Lipinski definition) is 1. The summed E-state index contributed by atoms with van der Waals surface area (Å²) in [5.74, 6) is -0.922. The zero-order valence-corrected chi connectivity index (χ0v) is 13.2. The lowest BCUT2D eigenvalue weighted by Crippen LogP contribution is -2.23. The van der Waals surface area contributed by atoms with Crippen LogP contribution in [0.1, 0.15) is 62.6 Å². The van der Waals surface area contributed by atoms with Crippen molar-refractivity contribution in [3.05, 3.63) is 47.5 Å². The molecule has 0 saturated carbocycles. The number of hydrogen-bond acceptors (Lipinski definition) is 1. The number of benzene rings is 1. The highest BCUT2D eigenvalue weighted by molar-refractivity contribution is 5.28. The van der Waals surface area contributed by atoms with Crippen LogP contribution in [0, 0.1) is 18.6 Å². The van der Waals surface area contributed by atoms with Crippen LogP contribution in [0.4, 0.5) is 8.78 Å². The first-order valence-corrected chi connectivity index (χ1v) is 7.90.